The first-order valence-electron chi connectivity index (χ1n) is 21.2. The van der Waals surface area contributed by atoms with Crippen molar-refractivity contribution < 1.29 is 63.0 Å². The third kappa shape index (κ3) is 8.95. The summed E-state index contributed by atoms with van der Waals surface area (Å²) in [7, 11) is -14.8. The molecule has 66 heavy (non-hydrogen) atoms. The van der Waals surface area contributed by atoms with E-state index in [0.717, 1.165) is 6.07 Å². The van der Waals surface area contributed by atoms with Crippen LogP contribution < -0.4 is 16.0 Å². The van der Waals surface area contributed by atoms with Gasteiger partial charge in [-0.3, -0.25) is 23.5 Å². The third-order valence-corrected chi connectivity index (χ3v) is 14.7. The van der Waals surface area contributed by atoms with Crippen LogP contribution in [-0.2, 0) is 51.3 Å². The van der Waals surface area contributed by atoms with Crippen LogP contribution in [0.4, 0.5) is 5.69 Å². The number of aryl methyl sites for hydroxylation is 1. The molecule has 2 heterocycles. The average Bonchev–Trinajstić information content (AvgIpc) is 3.74. The smallest absolute Gasteiger partial charge is 0.303 e. The quantitative estimate of drug-likeness (QED) is 0.0351. The molecule has 5 aromatic rings. The highest BCUT2D eigenvalue weighted by molar-refractivity contribution is 7.87. The first-order chi connectivity index (χ1) is 31.2. The van der Waals surface area contributed by atoms with Crippen molar-refractivity contribution in [3.05, 3.63) is 101 Å². The second-order valence-corrected chi connectivity index (χ2v) is 20.3. The lowest BCUT2D eigenvalue weighted by Gasteiger charge is -2.35. The van der Waals surface area contributed by atoms with E-state index in [1.165, 1.54) is 12.1 Å². The van der Waals surface area contributed by atoms with E-state index < -0.39 is 63.3 Å². The van der Waals surface area contributed by atoms with Gasteiger partial charge in [0.05, 0.1) is 15.8 Å². The zero-order valence-electron chi connectivity index (χ0n) is 36.2. The second-order valence-electron chi connectivity index (χ2n) is 16.1. The third-order valence-electron chi connectivity index (χ3n) is 12.0. The highest BCUT2D eigenvalue weighted by atomic mass is 32.2. The van der Waals surface area contributed by atoms with Crippen LogP contribution in [0.15, 0.2) is 105 Å². The van der Waals surface area contributed by atoms with Crippen LogP contribution in [0.2, 0.25) is 0 Å². The fourth-order valence-electron chi connectivity index (χ4n) is 9.27. The predicted octanol–water partition coefficient (Wildman–Crippen LogP) is 5.12. The molecule has 348 valence electrons. The van der Waals surface area contributed by atoms with E-state index >= 15 is 0 Å². The van der Waals surface area contributed by atoms with Crippen LogP contribution >= 0.6 is 0 Å². The molecule has 0 fully saturated rings. The van der Waals surface area contributed by atoms with Crippen molar-refractivity contribution in [3.8, 4) is 0 Å². The van der Waals surface area contributed by atoms with Crippen molar-refractivity contribution in [3.63, 3.8) is 0 Å². The Kier molecular flexibility index (Phi) is 13.3. The molecule has 0 radical (unpaired) electrons. The molecule has 1 aromatic heterocycles. The number of carbonyl (C=O) groups is 3. The number of unbranched alkanes of at least 4 members (excludes halogenated alkanes) is 2. The maximum absolute atomic E-state index is 14.5. The molecule has 0 saturated heterocycles. The van der Waals surface area contributed by atoms with Gasteiger partial charge in [0.2, 0.25) is 23.2 Å². The number of nitrogens with one attached hydrogen (secondary N) is 2. The topological polar surface area (TPSA) is 269 Å². The molecule has 2 amide bonds. The summed E-state index contributed by atoms with van der Waals surface area (Å²) >= 11 is 0. The van der Waals surface area contributed by atoms with Crippen LogP contribution in [0.25, 0.3) is 38.5 Å². The number of hydrogen-bond donors (Lipinski definition) is 5. The Bertz CT molecular complexity index is 3400. The first kappa shape index (κ1) is 47.9. The molecule has 0 spiro atoms. The number of carboxylic acids is 1. The van der Waals surface area contributed by atoms with Gasteiger partial charge in [-0.05, 0) is 87.9 Å². The molecule has 5 N–H and O–H groups in total. The zero-order chi connectivity index (χ0) is 47.9. The highest BCUT2D eigenvalue weighted by Gasteiger charge is 2.48. The minimum absolute atomic E-state index is 0.00471. The van der Waals surface area contributed by atoms with Gasteiger partial charge in [-0.1, -0.05) is 55.0 Å². The van der Waals surface area contributed by atoms with Crippen molar-refractivity contribution in [2.75, 3.05) is 19.6 Å². The molecule has 0 saturated carbocycles. The lowest BCUT2D eigenvalue weighted by Crippen LogP contribution is -2.52. The standard InChI is InChI=1S/C46H48N4O13S3/c1-4-47-44(53)46(45(54)48-23-9-7-8-16-40(51)52)26-28(17-19-34-30-12-10-14-32-37(64(55,56)57)22-21-36(41(30)32)49(34)5-2)24-29(27-46)18-20-35-31-13-11-15-33-38(65(58,59)60)25-39(66(61,62)63)43(42(31)33)50(35)6-3/h10-15,17-22,24-25H,4-9,16,23,26-27H2,1-3H3,(H5-,47,48,51,52,53,54,55,56,57,58,59,60,61,62,63). The number of carboxylic acid groups (broad SMARTS) is 1. The van der Waals surface area contributed by atoms with E-state index in [-0.39, 0.29) is 65.6 Å². The molecule has 1 unspecified atom stereocenters. The summed E-state index contributed by atoms with van der Waals surface area (Å²) in [6.07, 6.45) is 9.87. The Balaban J connectivity index is 1.41. The maximum Gasteiger partial charge on any atom is 0.303 e. The van der Waals surface area contributed by atoms with Crippen LogP contribution in [-0.4, -0.2) is 96.3 Å². The van der Waals surface area contributed by atoms with Crippen LogP contribution in [0, 0.1) is 5.41 Å². The lowest BCUT2D eigenvalue weighted by molar-refractivity contribution is -0.433. The van der Waals surface area contributed by atoms with Crippen LogP contribution in [0.3, 0.4) is 0 Å². The number of aliphatic carboxylic acids is 1. The highest BCUT2D eigenvalue weighted by Crippen LogP contribution is 2.44. The number of nitrogens with zero attached hydrogens (tertiary/aromatic N) is 2. The van der Waals surface area contributed by atoms with Gasteiger partial charge in [-0.15, -0.1) is 0 Å². The summed E-state index contributed by atoms with van der Waals surface area (Å²) in [5, 5.41) is 17.1. The SMILES string of the molecule is CCNC(=O)C1(C(=O)NCCCCCC(=O)O)CC(=CC=c2c3cccc4c(S(=O)(=O)[O-])ccc(c43)n2CC)C=C(C=CC2=[N+](CC)c3c(S(=O)(=O)O)cc(S(=O)(=O)O)c4cccc2c34)C1. The summed E-state index contributed by atoms with van der Waals surface area (Å²) in [6.45, 7) is 6.31. The molecule has 4 aromatic carbocycles. The van der Waals surface area contributed by atoms with Gasteiger partial charge in [0.1, 0.15) is 27.0 Å². The first-order valence-corrected chi connectivity index (χ1v) is 25.5. The maximum atomic E-state index is 14.5. The molecule has 2 aliphatic rings. The Hall–Kier alpha value is -6.03. The molecular weight excluding hydrogens is 913 g/mol. The van der Waals surface area contributed by atoms with E-state index in [1.807, 2.05) is 23.6 Å². The molecular formula is C46H48N4O13S3. The minimum atomic E-state index is -5.05. The Morgan fingerprint density at radius 1 is 0.788 bits per heavy atom. The van der Waals surface area contributed by atoms with E-state index in [0.29, 0.717) is 69.9 Å². The molecule has 7 rings (SSSR count). The van der Waals surface area contributed by atoms with Gasteiger partial charge < -0.3 is 24.9 Å². The summed E-state index contributed by atoms with van der Waals surface area (Å²) in [6, 6.07) is 13.2. The fraction of sp³-hybridized carbons (Fsp3) is 0.304. The van der Waals surface area contributed by atoms with Crippen LogP contribution in [0.1, 0.15) is 64.9 Å². The molecule has 1 atom stereocenters. The van der Waals surface area contributed by atoms with Gasteiger partial charge in [-0.25, -0.2) is 8.42 Å². The van der Waals surface area contributed by atoms with Crippen molar-refractivity contribution in [1.82, 2.24) is 15.2 Å². The summed E-state index contributed by atoms with van der Waals surface area (Å²) < 4.78 is 112. The number of hydrogen-bond acceptors (Lipinski definition) is 10. The van der Waals surface area contributed by atoms with E-state index in [1.54, 1.807) is 73.1 Å². The van der Waals surface area contributed by atoms with Gasteiger partial charge in [0.25, 0.3) is 10.1 Å². The summed E-state index contributed by atoms with van der Waals surface area (Å²) in [5.74, 6) is -2.05. The lowest BCUT2D eigenvalue weighted by atomic mass is 9.70. The zero-order valence-corrected chi connectivity index (χ0v) is 38.6. The Morgan fingerprint density at radius 3 is 2.09 bits per heavy atom. The monoisotopic (exact) mass is 960 g/mol. The summed E-state index contributed by atoms with van der Waals surface area (Å²) in [4.78, 5) is 38.1. The van der Waals surface area contributed by atoms with Crippen LogP contribution in [0.5, 0.6) is 0 Å². The number of benzene rings is 4. The number of amides is 2. The molecule has 1 aliphatic heterocycles. The Labute approximate surface area is 381 Å². The summed E-state index contributed by atoms with van der Waals surface area (Å²) in [5.41, 5.74) is 0.766. The normalized spacial score (nSPS) is 17.8. The average molecular weight is 961 g/mol. The van der Waals surface area contributed by atoms with E-state index in [4.69, 9.17) is 5.11 Å². The number of aromatic nitrogens is 1. The molecule has 1 aliphatic carbocycles. The van der Waals surface area contributed by atoms with Gasteiger partial charge >= 0.3 is 16.1 Å². The fourth-order valence-corrected chi connectivity index (χ4v) is 11.5. The van der Waals surface area contributed by atoms with Crippen molar-refractivity contribution >= 4 is 98.1 Å². The largest absolute Gasteiger partial charge is 0.744 e. The van der Waals surface area contributed by atoms with Crippen molar-refractivity contribution in [2.45, 2.75) is 80.5 Å². The molecule has 0 bridgehead atoms. The number of allylic oxidation sites excluding steroid dienone is 6. The van der Waals surface area contributed by atoms with Gasteiger partial charge in [0.15, 0.2) is 4.90 Å². The molecule has 17 nitrogen and oxygen atoms in total. The second kappa shape index (κ2) is 18.3. The predicted molar refractivity (Wildman–Crippen MR) is 246 cm³/mol. The van der Waals surface area contributed by atoms with Gasteiger partial charge in [0, 0.05) is 64.5 Å². The van der Waals surface area contributed by atoms with Gasteiger partial charge in [-0.2, -0.15) is 21.4 Å². The number of rotatable bonds is 17. The number of carbonyl (C=O) groups excluding carboxylic acids is 2. The Morgan fingerprint density at radius 2 is 1.45 bits per heavy atom. The van der Waals surface area contributed by atoms with Crippen molar-refractivity contribution in [2.24, 2.45) is 5.41 Å². The molecule has 20 heteroatoms. The van der Waals surface area contributed by atoms with E-state index in [2.05, 4.69) is 10.6 Å². The minimum Gasteiger partial charge on any atom is -0.744 e. The van der Waals surface area contributed by atoms with Crippen molar-refractivity contribution in [1.29, 1.82) is 0 Å². The van der Waals surface area contributed by atoms with E-state index in [9.17, 15) is 53.3 Å².